The van der Waals surface area contributed by atoms with Crippen LogP contribution in [-0.2, 0) is 22.6 Å². The van der Waals surface area contributed by atoms with Crippen LogP contribution < -0.4 is 11.0 Å². The predicted octanol–water partition coefficient (Wildman–Crippen LogP) is 2.88. The Balaban J connectivity index is 1.43. The highest BCUT2D eigenvalue weighted by Gasteiger charge is 2.35. The van der Waals surface area contributed by atoms with Crippen molar-refractivity contribution in [1.29, 1.82) is 0 Å². The van der Waals surface area contributed by atoms with E-state index in [1.165, 1.54) is 24.5 Å². The second-order valence-electron chi connectivity index (χ2n) is 9.07. The van der Waals surface area contributed by atoms with E-state index in [0.717, 1.165) is 30.8 Å². The highest BCUT2D eigenvalue weighted by Crippen LogP contribution is 2.37. The number of fused-ring (bicyclic) bond motifs is 4. The molecule has 1 saturated heterocycles. The standard InChI is InChI=1S/C25H26N2O6S/c1-32-23(30)9-19(16-5-6-34-14-16)25-24(31)21(28)8-18(33-25)13-26-10-15-7-17(12-26)20-3-2-4-22(29)27(20)11-15/h2-6,8,14-15,17,19,31H,7,9-13H2,1H3/t15-,17+,19-/m0/s1. The molecule has 2 bridgehead atoms. The van der Waals surface area contributed by atoms with Crippen LogP contribution in [-0.4, -0.2) is 40.7 Å². The van der Waals surface area contributed by atoms with Crippen molar-refractivity contribution in [2.45, 2.75) is 37.8 Å². The lowest BCUT2D eigenvalue weighted by atomic mass is 9.83. The maximum absolute atomic E-state index is 12.6. The lowest BCUT2D eigenvalue weighted by Crippen LogP contribution is -2.46. The Morgan fingerprint density at radius 2 is 2.12 bits per heavy atom. The predicted molar refractivity (Wildman–Crippen MR) is 126 cm³/mol. The largest absolute Gasteiger partial charge is 0.502 e. The first-order valence-corrected chi connectivity index (χ1v) is 12.2. The number of thiophene rings is 1. The van der Waals surface area contributed by atoms with E-state index in [1.807, 2.05) is 33.5 Å². The number of hydrogen-bond donors (Lipinski definition) is 1. The maximum Gasteiger partial charge on any atom is 0.306 e. The van der Waals surface area contributed by atoms with Gasteiger partial charge in [-0.15, -0.1) is 0 Å². The Morgan fingerprint density at radius 3 is 2.88 bits per heavy atom. The molecule has 2 aliphatic rings. The molecular formula is C25H26N2O6S. The number of nitrogens with zero attached hydrogens (tertiary/aromatic N) is 2. The molecule has 34 heavy (non-hydrogen) atoms. The number of carbonyl (C=O) groups is 1. The molecule has 0 unspecified atom stereocenters. The number of ether oxygens (including phenoxy) is 1. The minimum Gasteiger partial charge on any atom is -0.502 e. The molecule has 0 saturated carbocycles. The summed E-state index contributed by atoms with van der Waals surface area (Å²) in [5.41, 5.74) is 1.34. The molecule has 0 amide bonds. The normalized spacial score (nSPS) is 20.5. The monoisotopic (exact) mass is 482 g/mol. The molecule has 0 aromatic carbocycles. The molecule has 3 aromatic heterocycles. The van der Waals surface area contributed by atoms with Gasteiger partial charge in [-0.3, -0.25) is 19.3 Å². The van der Waals surface area contributed by atoms with E-state index in [0.29, 0.717) is 24.8 Å². The van der Waals surface area contributed by atoms with Gasteiger partial charge in [0.1, 0.15) is 5.76 Å². The summed E-state index contributed by atoms with van der Waals surface area (Å²) in [4.78, 5) is 39.2. The van der Waals surface area contributed by atoms with Crippen LogP contribution >= 0.6 is 11.3 Å². The van der Waals surface area contributed by atoms with Gasteiger partial charge in [-0.2, -0.15) is 11.3 Å². The van der Waals surface area contributed by atoms with Crippen molar-refractivity contribution in [2.75, 3.05) is 20.2 Å². The summed E-state index contributed by atoms with van der Waals surface area (Å²) in [5, 5.41) is 14.3. The Hall–Kier alpha value is -3.17. The van der Waals surface area contributed by atoms with E-state index < -0.39 is 23.1 Å². The van der Waals surface area contributed by atoms with E-state index >= 15 is 0 Å². The van der Waals surface area contributed by atoms with Gasteiger partial charge in [0.05, 0.1) is 26.0 Å². The summed E-state index contributed by atoms with van der Waals surface area (Å²) in [6, 6.07) is 8.60. The molecule has 0 aliphatic carbocycles. The van der Waals surface area contributed by atoms with Gasteiger partial charge in [-0.25, -0.2) is 0 Å². The molecule has 1 N–H and O–H groups in total. The van der Waals surface area contributed by atoms with Gasteiger partial charge in [0.2, 0.25) is 11.2 Å². The molecule has 2 aliphatic heterocycles. The van der Waals surface area contributed by atoms with Gasteiger partial charge in [-0.05, 0) is 40.8 Å². The Morgan fingerprint density at radius 1 is 1.26 bits per heavy atom. The summed E-state index contributed by atoms with van der Waals surface area (Å²) in [6.07, 6.45) is 0.983. The van der Waals surface area contributed by atoms with Gasteiger partial charge in [0.15, 0.2) is 5.76 Å². The van der Waals surface area contributed by atoms with Crippen LogP contribution in [0.15, 0.2) is 55.1 Å². The zero-order valence-corrected chi connectivity index (χ0v) is 19.6. The molecule has 5 rings (SSSR count). The molecule has 0 radical (unpaired) electrons. The molecule has 3 atom stereocenters. The van der Waals surface area contributed by atoms with Crippen LogP contribution in [0.4, 0.5) is 0 Å². The fraction of sp³-hybridized carbons (Fsp3) is 0.400. The third-order valence-corrected chi connectivity index (χ3v) is 7.50. The summed E-state index contributed by atoms with van der Waals surface area (Å²) in [6.45, 7) is 2.62. The lowest BCUT2D eigenvalue weighted by Gasteiger charge is -2.42. The molecule has 5 heterocycles. The molecule has 1 fully saturated rings. The van der Waals surface area contributed by atoms with Crippen LogP contribution in [0.1, 0.15) is 47.5 Å². The second kappa shape index (κ2) is 9.23. The zero-order valence-electron chi connectivity index (χ0n) is 18.8. The third kappa shape index (κ3) is 4.33. The number of carbonyl (C=O) groups excluding carboxylic acids is 1. The summed E-state index contributed by atoms with van der Waals surface area (Å²) in [5.74, 6) is -0.455. The van der Waals surface area contributed by atoms with Crippen molar-refractivity contribution in [3.05, 3.63) is 84.4 Å². The van der Waals surface area contributed by atoms with Crippen molar-refractivity contribution in [2.24, 2.45) is 5.92 Å². The number of esters is 1. The van der Waals surface area contributed by atoms with Crippen LogP contribution in [0.5, 0.6) is 5.75 Å². The number of aromatic nitrogens is 1. The van der Waals surface area contributed by atoms with Crippen molar-refractivity contribution in [1.82, 2.24) is 9.47 Å². The zero-order chi connectivity index (χ0) is 23.8. The minimum absolute atomic E-state index is 0.0416. The summed E-state index contributed by atoms with van der Waals surface area (Å²) < 4.78 is 12.8. The first kappa shape index (κ1) is 22.6. The Kier molecular flexibility index (Phi) is 6.14. The maximum atomic E-state index is 12.6. The Bertz CT molecular complexity index is 1310. The minimum atomic E-state index is -0.620. The fourth-order valence-electron chi connectivity index (χ4n) is 5.30. The number of piperidine rings is 1. The molecule has 178 valence electrons. The van der Waals surface area contributed by atoms with E-state index in [4.69, 9.17) is 9.15 Å². The Labute approximate surface area is 200 Å². The first-order chi connectivity index (χ1) is 16.4. The van der Waals surface area contributed by atoms with E-state index in [9.17, 15) is 19.5 Å². The third-order valence-electron chi connectivity index (χ3n) is 6.80. The quantitative estimate of drug-likeness (QED) is 0.539. The van der Waals surface area contributed by atoms with Gasteiger partial charge < -0.3 is 18.8 Å². The van der Waals surface area contributed by atoms with E-state index in [-0.39, 0.29) is 23.7 Å². The number of rotatable bonds is 6. The molecular weight excluding hydrogens is 456 g/mol. The van der Waals surface area contributed by atoms with Crippen molar-refractivity contribution in [3.63, 3.8) is 0 Å². The molecule has 9 heteroatoms. The summed E-state index contributed by atoms with van der Waals surface area (Å²) >= 11 is 1.46. The summed E-state index contributed by atoms with van der Waals surface area (Å²) in [7, 11) is 1.30. The smallest absolute Gasteiger partial charge is 0.306 e. The van der Waals surface area contributed by atoms with Crippen LogP contribution in [0, 0.1) is 5.92 Å². The van der Waals surface area contributed by atoms with Crippen molar-refractivity contribution in [3.8, 4) is 5.75 Å². The first-order valence-electron chi connectivity index (χ1n) is 11.3. The lowest BCUT2D eigenvalue weighted by molar-refractivity contribution is -0.140. The number of hydrogen-bond acceptors (Lipinski definition) is 8. The van der Waals surface area contributed by atoms with Crippen molar-refractivity contribution >= 4 is 17.3 Å². The fourth-order valence-corrected chi connectivity index (χ4v) is 6.01. The van der Waals surface area contributed by atoms with Crippen LogP contribution in [0.2, 0.25) is 0 Å². The van der Waals surface area contributed by atoms with Gasteiger partial charge in [0.25, 0.3) is 5.56 Å². The molecule has 3 aromatic rings. The number of aromatic hydroxyl groups is 1. The van der Waals surface area contributed by atoms with Gasteiger partial charge in [-0.1, -0.05) is 6.07 Å². The average molecular weight is 483 g/mol. The number of pyridine rings is 1. The topological polar surface area (TPSA) is 102 Å². The van der Waals surface area contributed by atoms with E-state index in [2.05, 4.69) is 4.90 Å². The SMILES string of the molecule is COC(=O)C[C@@H](c1ccsc1)c1oc(CN2C[C@@H]3C[C@H](C2)c2cccc(=O)n2C3)cc(=O)c1O. The second-order valence-corrected chi connectivity index (χ2v) is 9.85. The van der Waals surface area contributed by atoms with Crippen LogP contribution in [0.3, 0.4) is 0 Å². The number of likely N-dealkylation sites (tertiary alicyclic amines) is 1. The average Bonchev–Trinajstić information content (AvgIpc) is 3.35. The van der Waals surface area contributed by atoms with Crippen molar-refractivity contribution < 1.29 is 19.1 Å². The number of methoxy groups -OCH3 is 1. The molecule has 0 spiro atoms. The molecule has 8 nitrogen and oxygen atoms in total. The van der Waals surface area contributed by atoms with Crippen LogP contribution in [0.25, 0.3) is 0 Å². The highest BCUT2D eigenvalue weighted by atomic mass is 32.1. The van der Waals surface area contributed by atoms with Gasteiger partial charge in [0, 0.05) is 43.4 Å². The van der Waals surface area contributed by atoms with E-state index in [1.54, 1.807) is 6.07 Å². The van der Waals surface area contributed by atoms with Gasteiger partial charge >= 0.3 is 5.97 Å². The highest BCUT2D eigenvalue weighted by molar-refractivity contribution is 7.08.